The van der Waals surface area contributed by atoms with E-state index in [0.29, 0.717) is 25.8 Å². The van der Waals surface area contributed by atoms with Crippen LogP contribution in [0.15, 0.2) is 47.6 Å². The Morgan fingerprint density at radius 3 is 1.78 bits per heavy atom. The number of aliphatic hydroxyl groups is 10. The molecule has 21 heteroatoms. The molecule has 0 aliphatic rings. The fourth-order valence-electron chi connectivity index (χ4n) is 6.64. The van der Waals surface area contributed by atoms with Gasteiger partial charge >= 0.3 is 0 Å². The van der Waals surface area contributed by atoms with Crippen LogP contribution in [0, 0.1) is 0 Å². The third-order valence-electron chi connectivity index (χ3n) is 10.1. The van der Waals surface area contributed by atoms with Gasteiger partial charge in [0.1, 0.15) is 53.3 Å². The summed E-state index contributed by atoms with van der Waals surface area (Å²) >= 11 is 5.83. The first kappa shape index (κ1) is 50.4. The van der Waals surface area contributed by atoms with Crippen LogP contribution in [-0.4, -0.2) is 184 Å². The highest BCUT2D eigenvalue weighted by atomic mass is 35.5. The van der Waals surface area contributed by atoms with Crippen LogP contribution in [0.3, 0.4) is 0 Å². The molecule has 0 radical (unpaired) electrons. The maximum absolute atomic E-state index is 12.5. The average molecular weight is 867 g/mol. The van der Waals surface area contributed by atoms with Crippen LogP contribution in [-0.2, 0) is 17.6 Å². The Bertz CT molecular complexity index is 1820. The number of nitrogens with zero attached hydrogens (tertiary/aromatic N) is 4. The number of aryl methyl sites for hydroxylation is 2. The summed E-state index contributed by atoms with van der Waals surface area (Å²) in [5.41, 5.74) is 19.2. The zero-order valence-corrected chi connectivity index (χ0v) is 33.9. The largest absolute Gasteiger partial charge is 0.394 e. The molecule has 0 saturated heterocycles. The van der Waals surface area contributed by atoms with E-state index < -0.39 is 93.0 Å². The Morgan fingerprint density at radius 1 is 0.733 bits per heavy atom. The van der Waals surface area contributed by atoms with Gasteiger partial charge in [-0.3, -0.25) is 19.5 Å². The van der Waals surface area contributed by atoms with Crippen LogP contribution >= 0.6 is 11.6 Å². The fraction of sp³-hybridized carbons (Fsp3) is 0.564. The van der Waals surface area contributed by atoms with Gasteiger partial charge in [0, 0.05) is 19.6 Å². The maximum Gasteiger partial charge on any atom is 0.269 e. The van der Waals surface area contributed by atoms with Gasteiger partial charge in [-0.05, 0) is 73.5 Å². The first-order valence-electron chi connectivity index (χ1n) is 19.5. The molecule has 3 rings (SSSR count). The fourth-order valence-corrected chi connectivity index (χ4v) is 6.77. The second kappa shape index (κ2) is 25.1. The second-order valence-electron chi connectivity index (χ2n) is 14.6. The van der Waals surface area contributed by atoms with Crippen molar-refractivity contribution in [3.63, 3.8) is 0 Å². The lowest BCUT2D eigenvalue weighted by molar-refractivity contribution is -0.130. The highest BCUT2D eigenvalue weighted by Gasteiger charge is 2.34. The summed E-state index contributed by atoms with van der Waals surface area (Å²) in [4.78, 5) is 37.9. The van der Waals surface area contributed by atoms with Gasteiger partial charge in [0.15, 0.2) is 5.69 Å². The maximum atomic E-state index is 12.5. The van der Waals surface area contributed by atoms with E-state index in [4.69, 9.17) is 39.0 Å². The van der Waals surface area contributed by atoms with Gasteiger partial charge in [-0.2, -0.15) is 0 Å². The van der Waals surface area contributed by atoms with Gasteiger partial charge in [0.05, 0.1) is 37.7 Å². The minimum atomic E-state index is -1.91. The van der Waals surface area contributed by atoms with Gasteiger partial charge in [-0.1, -0.05) is 48.0 Å². The third-order valence-corrected chi connectivity index (χ3v) is 10.3. The number of carbonyl (C=O) groups is 2. The molecular weight excluding hydrogens is 808 g/mol. The molecule has 17 N–H and O–H groups in total. The van der Waals surface area contributed by atoms with E-state index in [-0.39, 0.29) is 41.9 Å². The molecule has 1 aromatic heterocycles. The van der Waals surface area contributed by atoms with E-state index in [9.17, 15) is 50.4 Å². The van der Waals surface area contributed by atoms with Crippen molar-refractivity contribution >= 4 is 40.0 Å². The number of amides is 2. The first-order chi connectivity index (χ1) is 28.5. The molecule has 60 heavy (non-hydrogen) atoms. The van der Waals surface area contributed by atoms with Crippen LogP contribution in [0.1, 0.15) is 53.0 Å². The second-order valence-corrected chi connectivity index (χ2v) is 15.0. The van der Waals surface area contributed by atoms with Gasteiger partial charge < -0.3 is 73.6 Å². The number of nitrogens with one attached hydrogen (secondary N) is 1. The van der Waals surface area contributed by atoms with Crippen molar-refractivity contribution in [3.05, 3.63) is 70.3 Å². The van der Waals surface area contributed by atoms with Gasteiger partial charge in [-0.15, -0.1) is 0 Å². The van der Waals surface area contributed by atoms with E-state index in [0.717, 1.165) is 34.7 Å². The number of unbranched alkanes of at least 4 members (excludes halogenated alkanes) is 1. The summed E-state index contributed by atoms with van der Waals surface area (Å²) < 4.78 is 0. The van der Waals surface area contributed by atoms with Crippen LogP contribution in [0.4, 0.5) is 0 Å². The SMILES string of the molecule is NC(=O)c1nc(Cl)cnc1C(N)=NCCCCc1ccc(CC[C@@H](NCCCN(C[C@@H](O)[C@H](O)[C@@H](O)[C@@H](O)CO)C[C@@H](O)[C@H](O)[C@@H](O)[C@@H](O)CO)C(N)=O)c2ccccc12. The normalized spacial score (nSPS) is 16.8. The lowest BCUT2D eigenvalue weighted by Crippen LogP contribution is -2.53. The van der Waals surface area contributed by atoms with Crippen LogP contribution in [0.2, 0.25) is 5.15 Å². The Morgan fingerprint density at radius 2 is 1.27 bits per heavy atom. The number of aliphatic hydroxyl groups excluding tert-OH is 10. The summed E-state index contributed by atoms with van der Waals surface area (Å²) in [6.45, 7) is -1.94. The molecule has 3 aromatic rings. The van der Waals surface area contributed by atoms with Crippen molar-refractivity contribution in [2.45, 2.75) is 93.4 Å². The molecule has 0 bridgehead atoms. The molecule has 0 aliphatic heterocycles. The quantitative estimate of drug-likeness (QED) is 0.0188. The number of amidine groups is 1. The van der Waals surface area contributed by atoms with Crippen LogP contribution < -0.4 is 22.5 Å². The monoisotopic (exact) mass is 866 g/mol. The van der Waals surface area contributed by atoms with Crippen molar-refractivity contribution < 1.29 is 60.7 Å². The Kier molecular flexibility index (Phi) is 21.0. The molecule has 0 aliphatic carbocycles. The van der Waals surface area contributed by atoms with Gasteiger partial charge in [-0.25, -0.2) is 9.97 Å². The molecule has 1 heterocycles. The lowest BCUT2D eigenvalue weighted by atomic mass is 9.93. The molecular formula is C39H59ClN8O12. The Balaban J connectivity index is 1.60. The number of hydrogen-bond acceptors (Lipinski definition) is 17. The number of hydrogen-bond donors (Lipinski definition) is 14. The molecule has 2 amide bonds. The van der Waals surface area contributed by atoms with E-state index in [1.165, 1.54) is 11.1 Å². The predicted molar refractivity (Wildman–Crippen MR) is 221 cm³/mol. The molecule has 0 spiro atoms. The van der Waals surface area contributed by atoms with E-state index in [1.54, 1.807) is 0 Å². The number of benzene rings is 2. The number of fused-ring (bicyclic) bond motifs is 1. The summed E-state index contributed by atoms with van der Waals surface area (Å²) in [5.74, 6) is -1.38. The minimum Gasteiger partial charge on any atom is -0.394 e. The van der Waals surface area contributed by atoms with Crippen molar-refractivity contribution in [1.29, 1.82) is 0 Å². The molecule has 0 fully saturated rings. The zero-order chi connectivity index (χ0) is 44.5. The van der Waals surface area contributed by atoms with E-state index in [1.807, 2.05) is 36.4 Å². The lowest BCUT2D eigenvalue weighted by Gasteiger charge is -2.33. The van der Waals surface area contributed by atoms with E-state index >= 15 is 0 Å². The molecule has 0 saturated carbocycles. The van der Waals surface area contributed by atoms with Gasteiger partial charge in [0.25, 0.3) is 5.91 Å². The summed E-state index contributed by atoms with van der Waals surface area (Å²) in [5, 5.41) is 105. The van der Waals surface area contributed by atoms with Crippen molar-refractivity contribution in [3.8, 4) is 0 Å². The predicted octanol–water partition coefficient (Wildman–Crippen LogP) is -3.95. The molecule has 0 unspecified atom stereocenters. The van der Waals surface area contributed by atoms with Crippen LogP contribution in [0.5, 0.6) is 0 Å². The van der Waals surface area contributed by atoms with Crippen molar-refractivity contribution in [1.82, 2.24) is 20.2 Å². The number of aliphatic imine (C=N–C) groups is 1. The zero-order valence-electron chi connectivity index (χ0n) is 33.1. The molecule has 334 valence electrons. The summed E-state index contributed by atoms with van der Waals surface area (Å²) in [6, 6.07) is 11.2. The van der Waals surface area contributed by atoms with Gasteiger partial charge in [0.2, 0.25) is 5.91 Å². The summed E-state index contributed by atoms with van der Waals surface area (Å²) in [7, 11) is 0. The molecule has 2 aromatic carbocycles. The Labute approximate surface area is 352 Å². The van der Waals surface area contributed by atoms with Crippen molar-refractivity contribution in [2.75, 3.05) is 45.9 Å². The number of nitrogens with two attached hydrogens (primary N) is 3. The number of halogens is 1. The highest BCUT2D eigenvalue weighted by Crippen LogP contribution is 2.26. The smallest absolute Gasteiger partial charge is 0.269 e. The number of primary amides is 2. The number of rotatable bonds is 28. The number of aromatic nitrogens is 2. The van der Waals surface area contributed by atoms with Crippen LogP contribution in [0.25, 0.3) is 10.8 Å². The summed E-state index contributed by atoms with van der Waals surface area (Å²) in [6.07, 6.45) is -9.97. The minimum absolute atomic E-state index is 0.00536. The standard InChI is InChI=1S/C39H59ClN8O12/c40-30-16-46-31(32(47-30)39(43)60)37(41)45-13-4-3-6-21-9-10-22(24-8-2-1-7-23(21)24)11-12-25(38(42)59)44-14-5-15-48(17-26(51)33(55)35(57)28(53)19-49)18-27(52)34(56)36(58)29(54)20-50/h1-2,7-10,16,25-29,33-36,44,49-58H,3-6,11-15,17-20H2,(H2,41,45)(H2,42,59)(H2,43,60)/t25-,26-,27-,28+,29+,33+,34+,35+,36+/m1/s1. The third kappa shape index (κ3) is 14.9. The Hall–Kier alpha value is -4.00. The van der Waals surface area contributed by atoms with E-state index in [2.05, 4.69) is 20.3 Å². The highest BCUT2D eigenvalue weighted by molar-refractivity contribution is 6.29. The average Bonchev–Trinajstić information content (AvgIpc) is 3.23. The molecule has 20 nitrogen and oxygen atoms in total. The topological polar surface area (TPSA) is 368 Å². The number of carbonyl (C=O) groups excluding carboxylic acids is 2. The first-order valence-corrected chi connectivity index (χ1v) is 19.9. The van der Waals surface area contributed by atoms with Crippen molar-refractivity contribution in [2.24, 2.45) is 22.2 Å². The molecule has 9 atom stereocenters.